The molecule has 0 saturated carbocycles. The number of nitrogens with two attached hydrogens (primary N) is 1. The van der Waals surface area contributed by atoms with Crippen LogP contribution in [0.5, 0.6) is 0 Å². The standard InChI is InChI=1S/C16H25NO2/c1-12(2)11-15(17)14-9-7-13(8-10-14)5-4-6-16(18)19-3/h7-10,12,15H,4-6,11,17H2,1-3H3. The van der Waals surface area contributed by atoms with Gasteiger partial charge in [0.25, 0.3) is 0 Å². The molecule has 1 aromatic rings. The van der Waals surface area contributed by atoms with Crippen LogP contribution < -0.4 is 5.73 Å². The molecule has 0 aliphatic heterocycles. The van der Waals surface area contributed by atoms with Crippen molar-refractivity contribution in [1.82, 2.24) is 0 Å². The first kappa shape index (κ1) is 15.7. The SMILES string of the molecule is COC(=O)CCCc1ccc(C(N)CC(C)C)cc1. The van der Waals surface area contributed by atoms with Crippen molar-refractivity contribution in [2.24, 2.45) is 11.7 Å². The Morgan fingerprint density at radius 3 is 2.42 bits per heavy atom. The second kappa shape index (κ2) is 7.95. The summed E-state index contributed by atoms with van der Waals surface area (Å²) in [5.41, 5.74) is 8.57. The Balaban J connectivity index is 2.45. The number of esters is 1. The lowest BCUT2D eigenvalue weighted by Crippen LogP contribution is -2.12. The first-order valence-corrected chi connectivity index (χ1v) is 6.94. The molecule has 3 nitrogen and oxygen atoms in total. The zero-order valence-electron chi connectivity index (χ0n) is 12.2. The van der Waals surface area contributed by atoms with Crippen molar-refractivity contribution >= 4 is 5.97 Å². The van der Waals surface area contributed by atoms with Crippen LogP contribution >= 0.6 is 0 Å². The largest absolute Gasteiger partial charge is 0.469 e. The van der Waals surface area contributed by atoms with Crippen LogP contribution in [0.2, 0.25) is 0 Å². The smallest absolute Gasteiger partial charge is 0.305 e. The van der Waals surface area contributed by atoms with Crippen LogP contribution in [0.1, 0.15) is 50.3 Å². The molecule has 0 saturated heterocycles. The number of aryl methyl sites for hydroxylation is 1. The average molecular weight is 263 g/mol. The number of carbonyl (C=O) groups excluding carboxylic acids is 1. The molecule has 1 aromatic carbocycles. The number of hydrogen-bond acceptors (Lipinski definition) is 3. The Bertz CT molecular complexity index is 384. The molecule has 106 valence electrons. The number of rotatable bonds is 7. The van der Waals surface area contributed by atoms with Gasteiger partial charge in [0.2, 0.25) is 0 Å². The number of methoxy groups -OCH3 is 1. The number of hydrogen-bond donors (Lipinski definition) is 1. The van der Waals surface area contributed by atoms with E-state index in [0.29, 0.717) is 12.3 Å². The van der Waals surface area contributed by atoms with Gasteiger partial charge >= 0.3 is 5.97 Å². The van der Waals surface area contributed by atoms with E-state index in [1.54, 1.807) is 0 Å². The van der Waals surface area contributed by atoms with Gasteiger partial charge in [-0.25, -0.2) is 0 Å². The van der Waals surface area contributed by atoms with Crippen molar-refractivity contribution < 1.29 is 9.53 Å². The molecule has 0 heterocycles. The Morgan fingerprint density at radius 2 is 1.89 bits per heavy atom. The summed E-state index contributed by atoms with van der Waals surface area (Å²) in [4.78, 5) is 11.0. The lowest BCUT2D eigenvalue weighted by atomic mass is 9.96. The molecular formula is C16H25NO2. The maximum Gasteiger partial charge on any atom is 0.305 e. The minimum Gasteiger partial charge on any atom is -0.469 e. The van der Waals surface area contributed by atoms with Gasteiger partial charge < -0.3 is 10.5 Å². The van der Waals surface area contributed by atoms with Crippen molar-refractivity contribution in [2.75, 3.05) is 7.11 Å². The van der Waals surface area contributed by atoms with Crippen molar-refractivity contribution in [2.45, 2.75) is 45.6 Å². The van der Waals surface area contributed by atoms with E-state index in [1.807, 2.05) is 0 Å². The Kier molecular flexibility index (Phi) is 6.57. The monoisotopic (exact) mass is 263 g/mol. The third kappa shape index (κ3) is 5.88. The predicted octanol–water partition coefficient (Wildman–Crippen LogP) is 3.23. The quantitative estimate of drug-likeness (QED) is 0.768. The first-order chi connectivity index (χ1) is 9.02. The molecule has 1 unspecified atom stereocenters. The summed E-state index contributed by atoms with van der Waals surface area (Å²) in [6.45, 7) is 4.36. The Labute approximate surface area is 116 Å². The minimum absolute atomic E-state index is 0.115. The van der Waals surface area contributed by atoms with Crippen molar-refractivity contribution in [1.29, 1.82) is 0 Å². The zero-order valence-corrected chi connectivity index (χ0v) is 12.2. The van der Waals surface area contributed by atoms with Gasteiger partial charge in [-0.3, -0.25) is 4.79 Å². The van der Waals surface area contributed by atoms with E-state index in [0.717, 1.165) is 19.3 Å². The fourth-order valence-electron chi connectivity index (χ4n) is 2.11. The van der Waals surface area contributed by atoms with E-state index >= 15 is 0 Å². The van der Waals surface area contributed by atoms with E-state index in [1.165, 1.54) is 18.2 Å². The van der Waals surface area contributed by atoms with Gasteiger partial charge in [-0.2, -0.15) is 0 Å². The highest BCUT2D eigenvalue weighted by Gasteiger charge is 2.08. The van der Waals surface area contributed by atoms with E-state index < -0.39 is 0 Å². The Hall–Kier alpha value is -1.35. The fraction of sp³-hybridized carbons (Fsp3) is 0.562. The molecule has 0 bridgehead atoms. The summed E-state index contributed by atoms with van der Waals surface area (Å²) in [5, 5.41) is 0. The van der Waals surface area contributed by atoms with Crippen molar-refractivity contribution in [3.8, 4) is 0 Å². The Morgan fingerprint density at radius 1 is 1.26 bits per heavy atom. The second-order valence-electron chi connectivity index (χ2n) is 5.41. The van der Waals surface area contributed by atoms with E-state index in [2.05, 4.69) is 42.8 Å². The predicted molar refractivity (Wildman–Crippen MR) is 77.8 cm³/mol. The molecule has 1 rings (SSSR count). The molecule has 0 spiro atoms. The summed E-state index contributed by atoms with van der Waals surface area (Å²) in [6.07, 6.45) is 3.20. The minimum atomic E-state index is -0.143. The van der Waals surface area contributed by atoms with E-state index in [4.69, 9.17) is 5.73 Å². The van der Waals surface area contributed by atoms with Gasteiger partial charge in [0.1, 0.15) is 0 Å². The van der Waals surface area contributed by atoms with Crippen LogP contribution in [0, 0.1) is 5.92 Å². The summed E-state index contributed by atoms with van der Waals surface area (Å²) >= 11 is 0. The lowest BCUT2D eigenvalue weighted by molar-refractivity contribution is -0.140. The van der Waals surface area contributed by atoms with Crippen LogP contribution in [0.3, 0.4) is 0 Å². The van der Waals surface area contributed by atoms with E-state index in [-0.39, 0.29) is 12.0 Å². The average Bonchev–Trinajstić information content (AvgIpc) is 2.38. The normalized spacial score (nSPS) is 12.5. The second-order valence-corrected chi connectivity index (χ2v) is 5.41. The van der Waals surface area contributed by atoms with Gasteiger partial charge in [-0.1, -0.05) is 38.1 Å². The molecular weight excluding hydrogens is 238 g/mol. The number of ether oxygens (including phenoxy) is 1. The molecule has 19 heavy (non-hydrogen) atoms. The van der Waals surface area contributed by atoms with Crippen LogP contribution in [-0.4, -0.2) is 13.1 Å². The summed E-state index contributed by atoms with van der Waals surface area (Å²) < 4.78 is 4.62. The summed E-state index contributed by atoms with van der Waals surface area (Å²) in [5.74, 6) is 0.463. The zero-order chi connectivity index (χ0) is 14.3. The van der Waals surface area contributed by atoms with Gasteiger partial charge in [0.15, 0.2) is 0 Å². The summed E-state index contributed by atoms with van der Waals surface area (Å²) in [7, 11) is 1.42. The molecule has 0 amide bonds. The molecule has 0 radical (unpaired) electrons. The van der Waals surface area contributed by atoms with Gasteiger partial charge in [0.05, 0.1) is 7.11 Å². The third-order valence-corrected chi connectivity index (χ3v) is 3.21. The van der Waals surface area contributed by atoms with Crippen LogP contribution in [-0.2, 0) is 16.0 Å². The molecule has 2 N–H and O–H groups in total. The topological polar surface area (TPSA) is 52.3 Å². The third-order valence-electron chi connectivity index (χ3n) is 3.21. The molecule has 0 aliphatic rings. The van der Waals surface area contributed by atoms with Gasteiger partial charge in [0, 0.05) is 12.5 Å². The van der Waals surface area contributed by atoms with Gasteiger partial charge in [-0.15, -0.1) is 0 Å². The van der Waals surface area contributed by atoms with Crippen molar-refractivity contribution in [3.63, 3.8) is 0 Å². The number of benzene rings is 1. The highest BCUT2D eigenvalue weighted by molar-refractivity contribution is 5.69. The molecule has 0 aromatic heterocycles. The van der Waals surface area contributed by atoms with Crippen LogP contribution in [0.4, 0.5) is 0 Å². The van der Waals surface area contributed by atoms with Gasteiger partial charge in [-0.05, 0) is 36.3 Å². The maximum absolute atomic E-state index is 11.0. The van der Waals surface area contributed by atoms with Crippen molar-refractivity contribution in [3.05, 3.63) is 35.4 Å². The van der Waals surface area contributed by atoms with Crippen LogP contribution in [0.15, 0.2) is 24.3 Å². The maximum atomic E-state index is 11.0. The van der Waals surface area contributed by atoms with E-state index in [9.17, 15) is 4.79 Å². The summed E-state index contributed by atoms with van der Waals surface area (Å²) in [6, 6.07) is 8.52. The lowest BCUT2D eigenvalue weighted by Gasteiger charge is -2.14. The molecule has 0 aliphatic carbocycles. The fourth-order valence-corrected chi connectivity index (χ4v) is 2.11. The highest BCUT2D eigenvalue weighted by Crippen LogP contribution is 2.19. The highest BCUT2D eigenvalue weighted by atomic mass is 16.5. The molecule has 1 atom stereocenters. The first-order valence-electron chi connectivity index (χ1n) is 6.94. The van der Waals surface area contributed by atoms with Crippen LogP contribution in [0.25, 0.3) is 0 Å². The molecule has 3 heteroatoms. The number of carbonyl (C=O) groups is 1. The molecule has 0 fully saturated rings.